The Morgan fingerprint density at radius 2 is 2.50 bits per heavy atom. The van der Waals surface area contributed by atoms with E-state index in [1.165, 1.54) is 11.7 Å². The lowest BCUT2D eigenvalue weighted by atomic mass is 9.70. The molecule has 0 atom stereocenters. The molecule has 1 fully saturated rings. The zero-order valence-corrected chi connectivity index (χ0v) is 7.84. The Balaban J connectivity index is 1.96. The summed E-state index contributed by atoms with van der Waals surface area (Å²) < 4.78 is 7.98. The predicted octanol–water partition coefficient (Wildman–Crippen LogP) is 1.24. The van der Waals surface area contributed by atoms with Crippen molar-refractivity contribution in [3.8, 4) is 0 Å². The summed E-state index contributed by atoms with van der Waals surface area (Å²) in [6, 6.07) is 0. The van der Waals surface area contributed by atoms with Gasteiger partial charge in [-0.2, -0.15) is 8.75 Å². The lowest BCUT2D eigenvalue weighted by Crippen LogP contribution is -2.44. The van der Waals surface area contributed by atoms with E-state index in [-0.39, 0.29) is 0 Å². The summed E-state index contributed by atoms with van der Waals surface area (Å²) in [5, 5.41) is 9.89. The molecule has 66 valence electrons. The minimum Gasteiger partial charge on any atom is -0.389 e. The second-order valence-corrected chi connectivity index (χ2v) is 4.37. The van der Waals surface area contributed by atoms with E-state index < -0.39 is 5.60 Å². The van der Waals surface area contributed by atoms with Crippen molar-refractivity contribution in [1.82, 2.24) is 8.75 Å². The van der Waals surface area contributed by atoms with Crippen LogP contribution in [0.4, 0.5) is 0 Å². The quantitative estimate of drug-likeness (QED) is 0.752. The van der Waals surface area contributed by atoms with Crippen molar-refractivity contribution >= 4 is 11.7 Å². The number of aliphatic hydroxyl groups is 1. The van der Waals surface area contributed by atoms with E-state index in [1.54, 1.807) is 6.20 Å². The van der Waals surface area contributed by atoms with Gasteiger partial charge in [0.05, 0.1) is 29.2 Å². The van der Waals surface area contributed by atoms with Crippen LogP contribution in [-0.2, 0) is 6.42 Å². The number of hydrogen-bond acceptors (Lipinski definition) is 4. The fourth-order valence-corrected chi connectivity index (χ4v) is 2.41. The van der Waals surface area contributed by atoms with Gasteiger partial charge in [-0.15, -0.1) is 0 Å². The van der Waals surface area contributed by atoms with Crippen LogP contribution in [0.5, 0.6) is 0 Å². The highest BCUT2D eigenvalue weighted by molar-refractivity contribution is 6.99. The second-order valence-electron chi connectivity index (χ2n) is 3.81. The number of nitrogens with zero attached hydrogens (tertiary/aromatic N) is 2. The van der Waals surface area contributed by atoms with Gasteiger partial charge in [-0.05, 0) is 18.8 Å². The van der Waals surface area contributed by atoms with Crippen LogP contribution >= 0.6 is 11.7 Å². The first kappa shape index (κ1) is 8.13. The van der Waals surface area contributed by atoms with Gasteiger partial charge in [-0.1, -0.05) is 6.92 Å². The van der Waals surface area contributed by atoms with Crippen molar-refractivity contribution in [1.29, 1.82) is 0 Å². The van der Waals surface area contributed by atoms with Crippen molar-refractivity contribution in [3.63, 3.8) is 0 Å². The smallest absolute Gasteiger partial charge is 0.0771 e. The van der Waals surface area contributed by atoms with Crippen molar-refractivity contribution in [3.05, 3.63) is 11.9 Å². The van der Waals surface area contributed by atoms with Crippen LogP contribution in [0.1, 0.15) is 25.5 Å². The van der Waals surface area contributed by atoms with Gasteiger partial charge in [0.15, 0.2) is 0 Å². The van der Waals surface area contributed by atoms with Crippen LogP contribution < -0.4 is 0 Å². The molecule has 3 nitrogen and oxygen atoms in total. The van der Waals surface area contributed by atoms with Crippen LogP contribution in [0, 0.1) is 5.92 Å². The van der Waals surface area contributed by atoms with Crippen molar-refractivity contribution in [2.75, 3.05) is 0 Å². The molecule has 1 aromatic rings. The van der Waals surface area contributed by atoms with Crippen molar-refractivity contribution in [2.24, 2.45) is 5.92 Å². The van der Waals surface area contributed by atoms with Crippen molar-refractivity contribution < 1.29 is 5.11 Å². The van der Waals surface area contributed by atoms with Gasteiger partial charge in [-0.25, -0.2) is 0 Å². The zero-order valence-electron chi connectivity index (χ0n) is 7.03. The van der Waals surface area contributed by atoms with Crippen LogP contribution in [-0.4, -0.2) is 19.5 Å². The molecule has 12 heavy (non-hydrogen) atoms. The third-order valence-electron chi connectivity index (χ3n) is 2.37. The Kier molecular flexibility index (Phi) is 1.88. The number of rotatable bonds is 2. The standard InChI is InChI=1S/C8H12N2OS/c1-6-2-8(11,3-6)4-7-5-9-12-10-7/h5-6,11H,2-4H2,1H3. The second kappa shape index (κ2) is 2.78. The molecule has 0 aliphatic heterocycles. The van der Waals surface area contributed by atoms with Gasteiger partial charge in [0.2, 0.25) is 0 Å². The van der Waals surface area contributed by atoms with Crippen molar-refractivity contribution in [2.45, 2.75) is 31.8 Å². The van der Waals surface area contributed by atoms with E-state index in [1.807, 2.05) is 0 Å². The molecule has 0 amide bonds. The third kappa shape index (κ3) is 1.49. The average Bonchev–Trinajstić information content (AvgIpc) is 2.36. The van der Waals surface area contributed by atoms with Crippen LogP contribution in [0.3, 0.4) is 0 Å². The molecule has 1 aliphatic carbocycles. The van der Waals surface area contributed by atoms with E-state index in [9.17, 15) is 5.11 Å². The molecule has 1 aliphatic rings. The molecule has 0 bridgehead atoms. The SMILES string of the molecule is CC1CC(O)(Cc2cnsn2)C1. The first-order chi connectivity index (χ1) is 5.68. The Bertz CT molecular complexity index is 254. The monoisotopic (exact) mass is 184 g/mol. The predicted molar refractivity (Wildman–Crippen MR) is 47.0 cm³/mol. The lowest BCUT2D eigenvalue weighted by molar-refractivity contribution is -0.0671. The summed E-state index contributed by atoms with van der Waals surface area (Å²) in [6.45, 7) is 2.16. The molecule has 4 heteroatoms. The molecular formula is C8H12N2OS. The molecule has 1 saturated carbocycles. The van der Waals surface area contributed by atoms with E-state index in [0.29, 0.717) is 12.3 Å². The van der Waals surface area contributed by atoms with Gasteiger partial charge >= 0.3 is 0 Å². The van der Waals surface area contributed by atoms with Gasteiger partial charge in [-0.3, -0.25) is 0 Å². The highest BCUT2D eigenvalue weighted by atomic mass is 32.1. The van der Waals surface area contributed by atoms with E-state index in [4.69, 9.17) is 0 Å². The number of aromatic nitrogens is 2. The topological polar surface area (TPSA) is 46.0 Å². The first-order valence-electron chi connectivity index (χ1n) is 4.17. The van der Waals surface area contributed by atoms with Gasteiger partial charge < -0.3 is 5.11 Å². The van der Waals surface area contributed by atoms with Gasteiger partial charge in [0.25, 0.3) is 0 Å². The fourth-order valence-electron chi connectivity index (χ4n) is 1.98. The summed E-state index contributed by atoms with van der Waals surface area (Å²) >= 11 is 1.20. The minimum absolute atomic E-state index is 0.477. The van der Waals surface area contributed by atoms with Gasteiger partial charge in [0.1, 0.15) is 0 Å². The molecule has 0 radical (unpaired) electrons. The first-order valence-corrected chi connectivity index (χ1v) is 4.90. The van der Waals surface area contributed by atoms with Gasteiger partial charge in [0, 0.05) is 6.42 Å². The van der Waals surface area contributed by atoms with E-state index in [2.05, 4.69) is 15.7 Å². The van der Waals surface area contributed by atoms with Crippen LogP contribution in [0.15, 0.2) is 6.20 Å². The lowest BCUT2D eigenvalue weighted by Gasteiger charge is -2.41. The maximum Gasteiger partial charge on any atom is 0.0771 e. The maximum absolute atomic E-state index is 9.89. The molecule has 1 N–H and O–H groups in total. The number of hydrogen-bond donors (Lipinski definition) is 1. The third-order valence-corrected chi connectivity index (χ3v) is 2.89. The van der Waals surface area contributed by atoms with Crippen LogP contribution in [0.2, 0.25) is 0 Å². The highest BCUT2D eigenvalue weighted by Gasteiger charge is 2.40. The molecule has 1 heterocycles. The normalized spacial score (nSPS) is 34.7. The molecule has 0 saturated heterocycles. The highest BCUT2D eigenvalue weighted by Crippen LogP contribution is 2.39. The minimum atomic E-state index is -0.477. The van der Waals surface area contributed by atoms with E-state index >= 15 is 0 Å². The largest absolute Gasteiger partial charge is 0.389 e. The molecule has 1 aromatic heterocycles. The summed E-state index contributed by atoms with van der Waals surface area (Å²) in [5.74, 6) is 0.668. The molecule has 2 rings (SSSR count). The molecule has 0 aromatic carbocycles. The Morgan fingerprint density at radius 3 is 3.00 bits per heavy atom. The van der Waals surface area contributed by atoms with E-state index in [0.717, 1.165) is 18.5 Å². The molecule has 0 unspecified atom stereocenters. The molecule has 0 spiro atoms. The summed E-state index contributed by atoms with van der Waals surface area (Å²) in [4.78, 5) is 0. The Labute approximate surface area is 75.8 Å². The fraction of sp³-hybridized carbons (Fsp3) is 0.750. The summed E-state index contributed by atoms with van der Waals surface area (Å²) in [6.07, 6.45) is 4.23. The summed E-state index contributed by atoms with van der Waals surface area (Å²) in [5.41, 5.74) is 0.448. The maximum atomic E-state index is 9.89. The molecular weight excluding hydrogens is 172 g/mol. The summed E-state index contributed by atoms with van der Waals surface area (Å²) in [7, 11) is 0. The average molecular weight is 184 g/mol. The van der Waals surface area contributed by atoms with Crippen LogP contribution in [0.25, 0.3) is 0 Å². The zero-order chi connectivity index (χ0) is 8.60. The Morgan fingerprint density at radius 1 is 1.75 bits per heavy atom. The Hall–Kier alpha value is -0.480.